The molecular formula is C13H26N6. The first-order chi connectivity index (χ1) is 9.24. The summed E-state index contributed by atoms with van der Waals surface area (Å²) in [6.45, 7) is 12.0. The van der Waals surface area contributed by atoms with Crippen molar-refractivity contribution in [2.75, 3.05) is 41.7 Å². The van der Waals surface area contributed by atoms with E-state index in [-0.39, 0.29) is 0 Å². The molecule has 1 aromatic heterocycles. The van der Waals surface area contributed by atoms with E-state index >= 15 is 0 Å². The molecule has 108 valence electrons. The molecule has 1 heterocycles. The van der Waals surface area contributed by atoms with Crippen LogP contribution in [0, 0.1) is 0 Å². The second kappa shape index (κ2) is 8.50. The lowest BCUT2D eigenvalue weighted by Gasteiger charge is -2.19. The number of aromatic nitrogens is 3. The minimum absolute atomic E-state index is 0.650. The van der Waals surface area contributed by atoms with E-state index < -0.39 is 0 Å². The van der Waals surface area contributed by atoms with Crippen LogP contribution in [-0.2, 0) is 0 Å². The van der Waals surface area contributed by atoms with E-state index in [1.807, 2.05) is 0 Å². The quantitative estimate of drug-likeness (QED) is 0.715. The van der Waals surface area contributed by atoms with Crippen LogP contribution in [0.3, 0.4) is 0 Å². The minimum Gasteiger partial charge on any atom is -0.354 e. The smallest absolute Gasteiger partial charge is 0.231 e. The van der Waals surface area contributed by atoms with Gasteiger partial charge in [-0.05, 0) is 26.7 Å². The Morgan fingerprint density at radius 1 is 0.789 bits per heavy atom. The van der Waals surface area contributed by atoms with Crippen LogP contribution in [0.5, 0.6) is 0 Å². The van der Waals surface area contributed by atoms with Gasteiger partial charge in [0, 0.05) is 26.2 Å². The van der Waals surface area contributed by atoms with Gasteiger partial charge in [0.25, 0.3) is 0 Å². The summed E-state index contributed by atoms with van der Waals surface area (Å²) in [5, 5.41) is 6.45. The first kappa shape index (κ1) is 15.5. The highest BCUT2D eigenvalue weighted by molar-refractivity contribution is 5.43. The van der Waals surface area contributed by atoms with Crippen LogP contribution >= 0.6 is 0 Å². The van der Waals surface area contributed by atoms with E-state index in [0.29, 0.717) is 11.9 Å². The van der Waals surface area contributed by atoms with Crippen molar-refractivity contribution >= 4 is 17.8 Å². The van der Waals surface area contributed by atoms with Gasteiger partial charge in [-0.1, -0.05) is 13.8 Å². The zero-order chi connectivity index (χ0) is 14.1. The van der Waals surface area contributed by atoms with Gasteiger partial charge in [-0.25, -0.2) is 0 Å². The number of anilines is 3. The molecule has 0 aliphatic heterocycles. The van der Waals surface area contributed by atoms with Crippen molar-refractivity contribution in [2.45, 2.75) is 40.5 Å². The number of nitrogens with one attached hydrogen (secondary N) is 2. The van der Waals surface area contributed by atoms with Crippen molar-refractivity contribution in [3.05, 3.63) is 0 Å². The topological polar surface area (TPSA) is 66.0 Å². The van der Waals surface area contributed by atoms with Gasteiger partial charge in [-0.15, -0.1) is 0 Å². The van der Waals surface area contributed by atoms with Gasteiger partial charge < -0.3 is 15.5 Å². The van der Waals surface area contributed by atoms with Gasteiger partial charge in [0.1, 0.15) is 0 Å². The summed E-state index contributed by atoms with van der Waals surface area (Å²) in [6.07, 6.45) is 2.09. The maximum Gasteiger partial charge on any atom is 0.231 e. The number of rotatable bonds is 9. The first-order valence-corrected chi connectivity index (χ1v) is 7.23. The third kappa shape index (κ3) is 4.89. The monoisotopic (exact) mass is 266 g/mol. The zero-order valence-electron chi connectivity index (χ0n) is 12.5. The summed E-state index contributed by atoms with van der Waals surface area (Å²) in [5.74, 6) is 2.03. The predicted octanol–water partition coefficient (Wildman–Crippen LogP) is 2.36. The third-order valence-electron chi connectivity index (χ3n) is 2.74. The van der Waals surface area contributed by atoms with Crippen LogP contribution in [0.15, 0.2) is 0 Å². The zero-order valence-corrected chi connectivity index (χ0v) is 12.5. The molecule has 0 atom stereocenters. The van der Waals surface area contributed by atoms with Crippen molar-refractivity contribution in [2.24, 2.45) is 0 Å². The Bertz CT molecular complexity index is 338. The fourth-order valence-corrected chi connectivity index (χ4v) is 1.64. The van der Waals surface area contributed by atoms with Crippen molar-refractivity contribution in [3.63, 3.8) is 0 Å². The molecule has 6 nitrogen and oxygen atoms in total. The second-order valence-corrected chi connectivity index (χ2v) is 4.31. The minimum atomic E-state index is 0.650. The molecule has 0 saturated carbocycles. The number of hydrogen-bond acceptors (Lipinski definition) is 6. The highest BCUT2D eigenvalue weighted by Gasteiger charge is 2.10. The summed E-state index contributed by atoms with van der Waals surface area (Å²) in [4.78, 5) is 15.5. The molecule has 19 heavy (non-hydrogen) atoms. The molecule has 1 aromatic rings. The van der Waals surface area contributed by atoms with Crippen molar-refractivity contribution in [3.8, 4) is 0 Å². The molecule has 2 N–H and O–H groups in total. The molecule has 0 fully saturated rings. The third-order valence-corrected chi connectivity index (χ3v) is 2.74. The van der Waals surface area contributed by atoms with Crippen molar-refractivity contribution in [1.82, 2.24) is 15.0 Å². The van der Waals surface area contributed by atoms with E-state index in [9.17, 15) is 0 Å². The van der Waals surface area contributed by atoms with Crippen LogP contribution in [0.4, 0.5) is 17.8 Å². The van der Waals surface area contributed by atoms with Gasteiger partial charge >= 0.3 is 0 Å². The lowest BCUT2D eigenvalue weighted by molar-refractivity contribution is 0.808. The molecular weight excluding hydrogens is 240 g/mol. The van der Waals surface area contributed by atoms with E-state index in [0.717, 1.165) is 45.0 Å². The van der Waals surface area contributed by atoms with Crippen LogP contribution in [0.2, 0.25) is 0 Å². The first-order valence-electron chi connectivity index (χ1n) is 7.23. The maximum atomic E-state index is 4.47. The van der Waals surface area contributed by atoms with Crippen LogP contribution < -0.4 is 15.5 Å². The Morgan fingerprint density at radius 3 is 1.63 bits per heavy atom. The Balaban J connectivity index is 2.93. The summed E-state index contributed by atoms with van der Waals surface area (Å²) in [5.41, 5.74) is 0. The largest absolute Gasteiger partial charge is 0.354 e. The summed E-state index contributed by atoms with van der Waals surface area (Å²) in [6, 6.07) is 0. The lowest BCUT2D eigenvalue weighted by atomic mass is 10.5. The molecule has 0 radical (unpaired) electrons. The molecule has 0 aliphatic carbocycles. The average molecular weight is 266 g/mol. The van der Waals surface area contributed by atoms with E-state index in [2.05, 4.69) is 58.2 Å². The fourth-order valence-electron chi connectivity index (χ4n) is 1.64. The molecule has 0 aromatic carbocycles. The summed E-state index contributed by atoms with van der Waals surface area (Å²) < 4.78 is 0. The molecule has 0 saturated heterocycles. The molecule has 0 aliphatic rings. The molecule has 1 rings (SSSR count). The highest BCUT2D eigenvalue weighted by atomic mass is 15.3. The highest BCUT2D eigenvalue weighted by Crippen LogP contribution is 2.13. The Kier molecular flexibility index (Phi) is 6.92. The average Bonchev–Trinajstić information content (AvgIpc) is 2.44. The lowest BCUT2D eigenvalue weighted by Crippen LogP contribution is -2.25. The predicted molar refractivity (Wildman–Crippen MR) is 80.9 cm³/mol. The summed E-state index contributed by atoms with van der Waals surface area (Å²) >= 11 is 0. The van der Waals surface area contributed by atoms with E-state index in [4.69, 9.17) is 0 Å². The normalized spacial score (nSPS) is 10.3. The Labute approximate surface area is 116 Å². The Hall–Kier alpha value is -1.59. The molecule has 0 unspecified atom stereocenters. The van der Waals surface area contributed by atoms with Gasteiger partial charge in [0.2, 0.25) is 17.8 Å². The molecule has 0 bridgehead atoms. The van der Waals surface area contributed by atoms with Crippen molar-refractivity contribution < 1.29 is 0 Å². The van der Waals surface area contributed by atoms with Crippen molar-refractivity contribution in [1.29, 1.82) is 0 Å². The van der Waals surface area contributed by atoms with E-state index in [1.54, 1.807) is 0 Å². The summed E-state index contributed by atoms with van der Waals surface area (Å²) in [7, 11) is 0. The molecule has 0 spiro atoms. The fraction of sp³-hybridized carbons (Fsp3) is 0.769. The molecule has 0 amide bonds. The van der Waals surface area contributed by atoms with Crippen LogP contribution in [-0.4, -0.2) is 41.1 Å². The molecule has 6 heteroatoms. The van der Waals surface area contributed by atoms with Gasteiger partial charge in [0.05, 0.1) is 0 Å². The van der Waals surface area contributed by atoms with Gasteiger partial charge in [-0.3, -0.25) is 0 Å². The number of nitrogens with zero attached hydrogens (tertiary/aromatic N) is 4. The second-order valence-electron chi connectivity index (χ2n) is 4.31. The van der Waals surface area contributed by atoms with Gasteiger partial charge in [-0.2, -0.15) is 15.0 Å². The maximum absolute atomic E-state index is 4.47. The van der Waals surface area contributed by atoms with Gasteiger partial charge in [0.15, 0.2) is 0 Å². The van der Waals surface area contributed by atoms with Crippen LogP contribution in [0.25, 0.3) is 0 Å². The SMILES string of the molecule is CCCNc1nc(NCCC)nc(N(CC)CC)n1. The standard InChI is InChI=1S/C13H26N6/c1-5-9-14-11-16-12(15-10-6-2)18-13(17-11)19(7-3)8-4/h5-10H2,1-4H3,(H2,14,15,16,17,18). The number of hydrogen-bond donors (Lipinski definition) is 2. The van der Waals surface area contributed by atoms with Crippen LogP contribution in [0.1, 0.15) is 40.5 Å². The van der Waals surface area contributed by atoms with E-state index in [1.165, 1.54) is 0 Å². The Morgan fingerprint density at radius 2 is 1.26 bits per heavy atom.